The second-order valence-corrected chi connectivity index (χ2v) is 6.54. The van der Waals surface area contributed by atoms with Gasteiger partial charge in [0.2, 0.25) is 0 Å². The predicted octanol–water partition coefficient (Wildman–Crippen LogP) is 3.43. The zero-order valence-corrected chi connectivity index (χ0v) is 17.0. The summed E-state index contributed by atoms with van der Waals surface area (Å²) in [5, 5.41) is 2.83. The van der Waals surface area contributed by atoms with E-state index in [0.717, 1.165) is 0 Å². The van der Waals surface area contributed by atoms with Gasteiger partial charge in [-0.1, -0.05) is 12.1 Å². The van der Waals surface area contributed by atoms with Crippen LogP contribution in [0, 0.1) is 5.82 Å². The molecule has 2 aromatic rings. The summed E-state index contributed by atoms with van der Waals surface area (Å²) in [6, 6.07) is 11.4. The molecule has 0 unspecified atom stereocenters. The number of likely N-dealkylation sites (N-methyl/N-ethyl adjacent to an activating group) is 1. The molecule has 30 heavy (non-hydrogen) atoms. The molecule has 0 aromatic heterocycles. The fourth-order valence-electron chi connectivity index (χ4n) is 3.11. The molecule has 0 aliphatic carbocycles. The molecule has 1 aliphatic rings. The predicted molar refractivity (Wildman–Crippen MR) is 108 cm³/mol. The summed E-state index contributed by atoms with van der Waals surface area (Å²) < 4.78 is 29.3. The fraction of sp³-hybridized carbons (Fsp3) is 0.273. The number of methoxy groups -OCH3 is 1. The quantitative estimate of drug-likeness (QED) is 0.703. The largest absolute Gasteiger partial charge is 0.497 e. The van der Waals surface area contributed by atoms with Crippen LogP contribution >= 0.6 is 0 Å². The number of nitrogens with one attached hydrogen (secondary N) is 1. The minimum absolute atomic E-state index is 0.0731. The van der Waals surface area contributed by atoms with Gasteiger partial charge in [-0.3, -0.25) is 4.90 Å². The van der Waals surface area contributed by atoms with Crippen LogP contribution in [0.2, 0.25) is 0 Å². The van der Waals surface area contributed by atoms with Crippen LogP contribution in [0.4, 0.5) is 9.18 Å². The standard InChI is InChI=1S/C22H23FN2O5/c1-4-29-21(26)19-18(13-30-17-11-7-15(23)8-12-17)25(2)22(27)24-20(19)14-5-9-16(28-3)10-6-14/h5-12,20H,4,13H2,1-3H3,(H,24,27)/t20-/m1/s1. The summed E-state index contributed by atoms with van der Waals surface area (Å²) in [6.07, 6.45) is 0. The Bertz CT molecular complexity index is 941. The SMILES string of the molecule is CCOC(=O)C1=C(COc2ccc(F)cc2)N(C)C(=O)N[C@@H]1c1ccc(OC)cc1. The molecule has 0 saturated heterocycles. The zero-order chi connectivity index (χ0) is 21.7. The van der Waals surface area contributed by atoms with E-state index >= 15 is 0 Å². The van der Waals surface area contributed by atoms with Gasteiger partial charge in [0.25, 0.3) is 0 Å². The maximum absolute atomic E-state index is 13.1. The van der Waals surface area contributed by atoms with E-state index in [0.29, 0.717) is 22.8 Å². The van der Waals surface area contributed by atoms with Gasteiger partial charge in [-0.2, -0.15) is 0 Å². The van der Waals surface area contributed by atoms with Crippen molar-refractivity contribution >= 4 is 12.0 Å². The van der Waals surface area contributed by atoms with E-state index in [4.69, 9.17) is 14.2 Å². The Morgan fingerprint density at radius 3 is 2.33 bits per heavy atom. The highest BCUT2D eigenvalue weighted by molar-refractivity contribution is 5.95. The van der Waals surface area contributed by atoms with Gasteiger partial charge in [0.1, 0.15) is 23.9 Å². The summed E-state index contributed by atoms with van der Waals surface area (Å²) >= 11 is 0. The van der Waals surface area contributed by atoms with E-state index in [-0.39, 0.29) is 30.6 Å². The van der Waals surface area contributed by atoms with Crippen molar-refractivity contribution in [1.82, 2.24) is 10.2 Å². The van der Waals surface area contributed by atoms with Crippen molar-refractivity contribution in [3.63, 3.8) is 0 Å². The van der Waals surface area contributed by atoms with E-state index < -0.39 is 12.0 Å². The fourth-order valence-corrected chi connectivity index (χ4v) is 3.11. The molecule has 158 valence electrons. The highest BCUT2D eigenvalue weighted by Crippen LogP contribution is 2.32. The van der Waals surface area contributed by atoms with Crippen molar-refractivity contribution < 1.29 is 28.2 Å². The van der Waals surface area contributed by atoms with Gasteiger partial charge in [0, 0.05) is 7.05 Å². The number of carbonyl (C=O) groups is 2. The van der Waals surface area contributed by atoms with Crippen LogP contribution in [-0.4, -0.2) is 44.3 Å². The number of hydrogen-bond acceptors (Lipinski definition) is 5. The molecule has 2 aromatic carbocycles. The topological polar surface area (TPSA) is 77.1 Å². The summed E-state index contributed by atoms with van der Waals surface area (Å²) in [4.78, 5) is 26.7. The van der Waals surface area contributed by atoms with Gasteiger partial charge in [0.05, 0.1) is 31.0 Å². The van der Waals surface area contributed by atoms with E-state index in [1.807, 2.05) is 0 Å². The molecule has 0 spiro atoms. The average molecular weight is 414 g/mol. The number of carbonyl (C=O) groups excluding carboxylic acids is 2. The van der Waals surface area contributed by atoms with Crippen LogP contribution in [0.3, 0.4) is 0 Å². The lowest BCUT2D eigenvalue weighted by Crippen LogP contribution is -2.48. The number of ether oxygens (including phenoxy) is 3. The first-order valence-corrected chi connectivity index (χ1v) is 9.41. The smallest absolute Gasteiger partial charge is 0.338 e. The Kier molecular flexibility index (Phi) is 6.56. The third-order valence-electron chi connectivity index (χ3n) is 4.71. The number of amides is 2. The molecular formula is C22H23FN2O5. The summed E-state index contributed by atoms with van der Waals surface area (Å²) in [5.74, 6) is 0.123. The van der Waals surface area contributed by atoms with Crippen molar-refractivity contribution in [3.05, 3.63) is 71.2 Å². The lowest BCUT2D eigenvalue weighted by Gasteiger charge is -2.34. The minimum atomic E-state index is -0.717. The molecular weight excluding hydrogens is 391 g/mol. The monoisotopic (exact) mass is 414 g/mol. The normalized spacial score (nSPS) is 16.2. The Labute approximate surface area is 174 Å². The first-order chi connectivity index (χ1) is 14.4. The zero-order valence-electron chi connectivity index (χ0n) is 17.0. The van der Waals surface area contributed by atoms with Gasteiger partial charge < -0.3 is 19.5 Å². The van der Waals surface area contributed by atoms with Crippen LogP contribution in [0.5, 0.6) is 11.5 Å². The second-order valence-electron chi connectivity index (χ2n) is 6.54. The maximum Gasteiger partial charge on any atom is 0.338 e. The molecule has 1 aliphatic heterocycles. The number of nitrogens with zero attached hydrogens (tertiary/aromatic N) is 1. The Morgan fingerprint density at radius 2 is 1.73 bits per heavy atom. The highest BCUT2D eigenvalue weighted by atomic mass is 19.1. The average Bonchev–Trinajstić information content (AvgIpc) is 2.75. The number of esters is 1. The molecule has 1 N–H and O–H groups in total. The molecule has 2 amide bonds. The molecule has 0 bridgehead atoms. The maximum atomic E-state index is 13.1. The summed E-state index contributed by atoms with van der Waals surface area (Å²) in [6.45, 7) is 1.82. The first-order valence-electron chi connectivity index (χ1n) is 9.41. The minimum Gasteiger partial charge on any atom is -0.497 e. The van der Waals surface area contributed by atoms with Crippen molar-refractivity contribution in [1.29, 1.82) is 0 Å². The van der Waals surface area contributed by atoms with Crippen LogP contribution in [0.1, 0.15) is 18.5 Å². The van der Waals surface area contributed by atoms with Crippen molar-refractivity contribution in [2.45, 2.75) is 13.0 Å². The van der Waals surface area contributed by atoms with Crippen LogP contribution in [0.15, 0.2) is 59.8 Å². The van der Waals surface area contributed by atoms with Gasteiger partial charge in [0.15, 0.2) is 0 Å². The number of urea groups is 1. The van der Waals surface area contributed by atoms with E-state index in [2.05, 4.69) is 5.32 Å². The van der Waals surface area contributed by atoms with Crippen molar-refractivity contribution in [2.75, 3.05) is 27.4 Å². The van der Waals surface area contributed by atoms with Crippen LogP contribution < -0.4 is 14.8 Å². The van der Waals surface area contributed by atoms with Crippen LogP contribution in [0.25, 0.3) is 0 Å². The van der Waals surface area contributed by atoms with Crippen LogP contribution in [-0.2, 0) is 9.53 Å². The number of benzene rings is 2. The van der Waals surface area contributed by atoms with Crippen molar-refractivity contribution in [2.24, 2.45) is 0 Å². The van der Waals surface area contributed by atoms with Crippen molar-refractivity contribution in [3.8, 4) is 11.5 Å². The molecule has 3 rings (SSSR count). The molecule has 8 heteroatoms. The Hall–Kier alpha value is -3.55. The first kappa shape index (κ1) is 21.2. The van der Waals surface area contributed by atoms with Gasteiger partial charge in [-0.15, -0.1) is 0 Å². The molecule has 0 radical (unpaired) electrons. The molecule has 0 fully saturated rings. The van der Waals surface area contributed by atoms with Gasteiger partial charge in [-0.25, -0.2) is 14.0 Å². The Morgan fingerprint density at radius 1 is 1.10 bits per heavy atom. The molecule has 0 saturated carbocycles. The van der Waals surface area contributed by atoms with E-state index in [1.165, 1.54) is 29.2 Å². The molecule has 7 nitrogen and oxygen atoms in total. The summed E-state index contributed by atoms with van der Waals surface area (Å²) in [5.41, 5.74) is 1.33. The number of halogens is 1. The van der Waals surface area contributed by atoms with E-state index in [9.17, 15) is 14.0 Å². The lowest BCUT2D eigenvalue weighted by atomic mass is 9.94. The number of hydrogen-bond donors (Lipinski definition) is 1. The molecule has 1 atom stereocenters. The van der Waals surface area contributed by atoms with Gasteiger partial charge >= 0.3 is 12.0 Å². The third kappa shape index (κ3) is 4.53. The van der Waals surface area contributed by atoms with Gasteiger partial charge in [-0.05, 0) is 48.9 Å². The lowest BCUT2D eigenvalue weighted by molar-refractivity contribution is -0.139. The third-order valence-corrected chi connectivity index (χ3v) is 4.71. The summed E-state index contributed by atoms with van der Waals surface area (Å²) in [7, 11) is 3.10. The van der Waals surface area contributed by atoms with E-state index in [1.54, 1.807) is 45.3 Å². The molecule has 1 heterocycles. The second kappa shape index (κ2) is 9.30. The highest BCUT2D eigenvalue weighted by Gasteiger charge is 2.37. The Balaban J connectivity index is 2.00. The number of rotatable bonds is 7.